The molecule has 2 aromatic rings. The smallest absolute Gasteiger partial charge is 0.297 e. The van der Waals surface area contributed by atoms with E-state index >= 15 is 0 Å². The van der Waals surface area contributed by atoms with Crippen LogP contribution >= 0.6 is 0 Å². The first-order chi connectivity index (χ1) is 12.4. The number of hydrogen-bond acceptors (Lipinski definition) is 5. The third kappa shape index (κ3) is 6.57. The molecular weight excluding hydrogens is 372 g/mol. The molecule has 0 atom stereocenters. The number of pyridine rings is 1. The van der Waals surface area contributed by atoms with Gasteiger partial charge in [0.05, 0.1) is 11.1 Å². The zero-order valence-electron chi connectivity index (χ0n) is 14.7. The maximum Gasteiger partial charge on any atom is 0.297 e. The highest BCUT2D eigenvalue weighted by molar-refractivity contribution is 5.95. The number of nitrogens with zero attached hydrogens (tertiary/aromatic N) is 1. The second-order valence-electron chi connectivity index (χ2n) is 5.62. The highest BCUT2D eigenvalue weighted by atomic mass is 35.5. The van der Waals surface area contributed by atoms with Gasteiger partial charge in [-0.15, -0.1) is 0 Å². The Morgan fingerprint density at radius 2 is 1.96 bits per heavy atom. The quantitative estimate of drug-likeness (QED) is 0.101. The number of primary amides is 1. The van der Waals surface area contributed by atoms with Gasteiger partial charge in [0.25, 0.3) is 11.8 Å². The summed E-state index contributed by atoms with van der Waals surface area (Å²) in [6, 6.07) is 6.67. The summed E-state index contributed by atoms with van der Waals surface area (Å²) in [6.07, 6.45) is 3.15. The van der Waals surface area contributed by atoms with Gasteiger partial charge in [-0.1, -0.05) is 6.07 Å². The number of amidine groups is 1. The molecule has 1 aromatic heterocycles. The van der Waals surface area contributed by atoms with Crippen LogP contribution < -0.4 is 39.5 Å². The minimum Gasteiger partial charge on any atom is -1.00 e. The lowest BCUT2D eigenvalue weighted by Gasteiger charge is -2.11. The second-order valence-corrected chi connectivity index (χ2v) is 5.62. The summed E-state index contributed by atoms with van der Waals surface area (Å²) in [6.45, 7) is 1.90. The number of benzene rings is 1. The van der Waals surface area contributed by atoms with Crippen molar-refractivity contribution in [3.05, 3.63) is 58.9 Å². The molecule has 144 valence electrons. The predicted molar refractivity (Wildman–Crippen MR) is 94.2 cm³/mol. The number of carbonyl (C=O) groups excluding carboxylic acids is 2. The first-order valence-electron chi connectivity index (χ1n) is 7.79. The molecule has 0 saturated carbocycles. The SMILES string of the molecule is Cc1cncc(C(=O)N[NH2+]Cc2ccc(C(=N)N)cc2OCC(N)=O)c1.[Cl-]. The van der Waals surface area contributed by atoms with Crippen molar-refractivity contribution >= 4 is 17.6 Å². The van der Waals surface area contributed by atoms with Gasteiger partial charge in [-0.3, -0.25) is 20.0 Å². The number of rotatable bonds is 8. The lowest BCUT2D eigenvalue weighted by atomic mass is 10.1. The number of hydrogen-bond donors (Lipinski definition) is 5. The number of halogens is 1. The fourth-order valence-electron chi connectivity index (χ4n) is 2.19. The fraction of sp³-hybridized carbons (Fsp3) is 0.176. The van der Waals surface area contributed by atoms with Crippen LogP contribution in [0.15, 0.2) is 36.7 Å². The van der Waals surface area contributed by atoms with Crippen molar-refractivity contribution in [1.29, 1.82) is 5.41 Å². The fourth-order valence-corrected chi connectivity index (χ4v) is 2.19. The summed E-state index contributed by atoms with van der Waals surface area (Å²) in [7, 11) is 0. The molecule has 27 heavy (non-hydrogen) atoms. The normalized spacial score (nSPS) is 9.81. The number of nitrogens with two attached hydrogens (primary N) is 3. The molecule has 1 heterocycles. The highest BCUT2D eigenvalue weighted by Crippen LogP contribution is 2.19. The molecule has 0 fully saturated rings. The monoisotopic (exact) mass is 392 g/mol. The van der Waals surface area contributed by atoms with Crippen LogP contribution in [0.4, 0.5) is 0 Å². The summed E-state index contributed by atoms with van der Waals surface area (Å²) < 4.78 is 5.38. The van der Waals surface area contributed by atoms with Gasteiger partial charge in [0, 0.05) is 18.0 Å². The van der Waals surface area contributed by atoms with E-state index in [2.05, 4.69) is 10.4 Å². The van der Waals surface area contributed by atoms with Gasteiger partial charge in [-0.05, 0) is 30.7 Å². The molecular formula is C17H21ClN6O3. The number of amides is 2. The van der Waals surface area contributed by atoms with Crippen molar-refractivity contribution in [3.63, 3.8) is 0 Å². The van der Waals surface area contributed by atoms with Gasteiger partial charge in [0.2, 0.25) is 0 Å². The zero-order chi connectivity index (χ0) is 19.1. The minimum absolute atomic E-state index is 0. The lowest BCUT2D eigenvalue weighted by molar-refractivity contribution is -0.712. The molecule has 0 aliphatic rings. The third-order valence-corrected chi connectivity index (χ3v) is 3.44. The van der Waals surface area contributed by atoms with Gasteiger partial charge in [0.1, 0.15) is 18.1 Å². The molecule has 1 aromatic carbocycles. The van der Waals surface area contributed by atoms with Crippen molar-refractivity contribution < 1.29 is 32.2 Å². The van der Waals surface area contributed by atoms with E-state index in [-0.39, 0.29) is 30.8 Å². The molecule has 10 heteroatoms. The van der Waals surface area contributed by atoms with Gasteiger partial charge >= 0.3 is 0 Å². The molecule has 0 aliphatic heterocycles. The standard InChI is InChI=1S/C17H20N6O3.ClH/c1-10-4-13(7-21-6-10)17(25)23-22-8-12-3-2-11(16(19)20)5-14(12)26-9-15(18)24;/h2-7,22H,8-9H2,1H3,(H2,18,24)(H3,19,20)(H,23,25);1H. The molecule has 0 unspecified atom stereocenters. The summed E-state index contributed by atoms with van der Waals surface area (Å²) in [4.78, 5) is 27.0. The first-order valence-corrected chi connectivity index (χ1v) is 7.79. The van der Waals surface area contributed by atoms with E-state index in [1.807, 2.05) is 6.92 Å². The van der Waals surface area contributed by atoms with E-state index in [4.69, 9.17) is 21.6 Å². The molecule has 2 amide bonds. The van der Waals surface area contributed by atoms with Gasteiger partial charge in [0.15, 0.2) is 6.61 Å². The Bertz CT molecular complexity index is 843. The van der Waals surface area contributed by atoms with E-state index in [1.54, 1.807) is 35.9 Å². The van der Waals surface area contributed by atoms with Crippen LogP contribution in [0.2, 0.25) is 0 Å². The minimum atomic E-state index is -0.617. The Morgan fingerprint density at radius 3 is 2.59 bits per heavy atom. The molecule has 9 nitrogen and oxygen atoms in total. The number of aromatic nitrogens is 1. The Morgan fingerprint density at radius 1 is 1.22 bits per heavy atom. The van der Waals surface area contributed by atoms with E-state index in [0.29, 0.717) is 29.0 Å². The number of quaternary nitrogens is 1. The first kappa shape index (κ1) is 21.9. The van der Waals surface area contributed by atoms with Crippen molar-refractivity contribution in [3.8, 4) is 5.75 Å². The van der Waals surface area contributed by atoms with Crippen LogP contribution in [0, 0.1) is 12.3 Å². The van der Waals surface area contributed by atoms with Crippen LogP contribution in [0.3, 0.4) is 0 Å². The van der Waals surface area contributed by atoms with Gasteiger partial charge in [-0.2, -0.15) is 0 Å². The molecule has 0 radical (unpaired) electrons. The summed E-state index contributed by atoms with van der Waals surface area (Å²) >= 11 is 0. The highest BCUT2D eigenvalue weighted by Gasteiger charge is 2.12. The van der Waals surface area contributed by atoms with Crippen LogP contribution in [0.1, 0.15) is 27.0 Å². The molecule has 0 bridgehead atoms. The maximum atomic E-state index is 12.1. The van der Waals surface area contributed by atoms with Crippen LogP contribution in [0.5, 0.6) is 5.75 Å². The van der Waals surface area contributed by atoms with Crippen molar-refractivity contribution in [2.75, 3.05) is 6.61 Å². The van der Waals surface area contributed by atoms with E-state index < -0.39 is 5.91 Å². The Kier molecular flexibility index (Phi) is 8.18. The molecule has 0 aliphatic carbocycles. The predicted octanol–water partition coefficient (Wildman–Crippen LogP) is -4.05. The zero-order valence-corrected chi connectivity index (χ0v) is 15.4. The Hall–Kier alpha value is -3.17. The molecule has 0 spiro atoms. The third-order valence-electron chi connectivity index (χ3n) is 3.44. The summed E-state index contributed by atoms with van der Waals surface area (Å²) in [5, 5.41) is 7.49. The van der Waals surface area contributed by atoms with Crippen molar-refractivity contribution in [2.24, 2.45) is 11.5 Å². The Balaban J connectivity index is 0.00000364. The average Bonchev–Trinajstić information content (AvgIpc) is 2.60. The van der Waals surface area contributed by atoms with Crippen LogP contribution in [0.25, 0.3) is 0 Å². The van der Waals surface area contributed by atoms with Gasteiger partial charge < -0.3 is 28.6 Å². The molecule has 0 saturated heterocycles. The molecule has 8 N–H and O–H groups in total. The van der Waals surface area contributed by atoms with E-state index in [0.717, 1.165) is 5.56 Å². The van der Waals surface area contributed by atoms with E-state index in [9.17, 15) is 9.59 Å². The van der Waals surface area contributed by atoms with Crippen molar-refractivity contribution in [1.82, 2.24) is 10.4 Å². The van der Waals surface area contributed by atoms with Crippen LogP contribution in [-0.4, -0.2) is 29.2 Å². The Labute approximate surface area is 162 Å². The summed E-state index contributed by atoms with van der Waals surface area (Å²) in [5.74, 6) is -0.640. The van der Waals surface area contributed by atoms with Crippen LogP contribution in [-0.2, 0) is 11.3 Å². The number of nitrogen functional groups attached to an aromatic ring is 2. The average molecular weight is 393 g/mol. The largest absolute Gasteiger partial charge is 1.00 e. The number of ether oxygens (including phenoxy) is 1. The second kappa shape index (κ2) is 10.1. The molecule has 2 rings (SSSR count). The number of carbonyl (C=O) groups is 2. The summed E-state index contributed by atoms with van der Waals surface area (Å²) in [5.41, 5.74) is 17.3. The van der Waals surface area contributed by atoms with Gasteiger partial charge in [-0.25, -0.2) is 10.9 Å². The van der Waals surface area contributed by atoms with E-state index in [1.165, 1.54) is 6.20 Å². The maximum absolute atomic E-state index is 12.1. The number of aryl methyl sites for hydroxylation is 1. The topological polar surface area (TPSA) is 161 Å². The lowest BCUT2D eigenvalue weighted by Crippen LogP contribution is -3.00. The number of nitrogens with one attached hydrogen (secondary N) is 2. The van der Waals surface area contributed by atoms with Crippen molar-refractivity contribution in [2.45, 2.75) is 13.5 Å².